The molecule has 1 fully saturated rings. The van der Waals surface area contributed by atoms with Gasteiger partial charge in [-0.05, 0) is 13.3 Å². The highest BCUT2D eigenvalue weighted by Crippen LogP contribution is 2.29. The monoisotopic (exact) mass is 280 g/mol. The molecule has 2 rings (SSSR count). The maximum atomic E-state index is 12.3. The molecule has 112 valence electrons. The second-order valence-corrected chi connectivity index (χ2v) is 5.64. The molecular formula is C14H24N4O2. The summed E-state index contributed by atoms with van der Waals surface area (Å²) in [5, 5.41) is 4.18. The molecule has 0 radical (unpaired) electrons. The summed E-state index contributed by atoms with van der Waals surface area (Å²) in [4.78, 5) is 14.2. The molecule has 2 heterocycles. The van der Waals surface area contributed by atoms with Gasteiger partial charge in [-0.2, -0.15) is 5.10 Å². The third-order valence-corrected chi connectivity index (χ3v) is 3.82. The summed E-state index contributed by atoms with van der Waals surface area (Å²) in [6, 6.07) is -0.406. The van der Waals surface area contributed by atoms with Crippen LogP contribution in [0.4, 0.5) is 0 Å². The van der Waals surface area contributed by atoms with Gasteiger partial charge in [0.15, 0.2) is 0 Å². The third kappa shape index (κ3) is 3.02. The SMILES string of the molecule is CCCC(N)C(=O)N1CCOC(C)(c2cnn(C)c2)C1. The van der Waals surface area contributed by atoms with E-state index in [0.717, 1.165) is 18.4 Å². The van der Waals surface area contributed by atoms with E-state index in [4.69, 9.17) is 10.5 Å². The third-order valence-electron chi connectivity index (χ3n) is 3.82. The van der Waals surface area contributed by atoms with Crippen molar-refractivity contribution < 1.29 is 9.53 Å². The zero-order valence-electron chi connectivity index (χ0n) is 12.5. The first-order chi connectivity index (χ1) is 9.46. The largest absolute Gasteiger partial charge is 0.367 e. The molecule has 1 aliphatic heterocycles. The lowest BCUT2D eigenvalue weighted by molar-refractivity contribution is -0.151. The highest BCUT2D eigenvalue weighted by molar-refractivity contribution is 5.81. The van der Waals surface area contributed by atoms with Gasteiger partial charge in [0.25, 0.3) is 0 Å². The van der Waals surface area contributed by atoms with Crippen molar-refractivity contribution in [3.05, 3.63) is 18.0 Å². The number of amides is 1. The summed E-state index contributed by atoms with van der Waals surface area (Å²) in [7, 11) is 1.87. The fraction of sp³-hybridized carbons (Fsp3) is 0.714. The van der Waals surface area contributed by atoms with Crippen molar-refractivity contribution in [2.75, 3.05) is 19.7 Å². The number of hydrogen-bond acceptors (Lipinski definition) is 4. The van der Waals surface area contributed by atoms with Crippen molar-refractivity contribution in [1.29, 1.82) is 0 Å². The topological polar surface area (TPSA) is 73.4 Å². The first-order valence-corrected chi connectivity index (χ1v) is 7.13. The Kier molecular flexibility index (Phi) is 4.45. The number of morpholine rings is 1. The molecule has 1 aliphatic rings. The Balaban J connectivity index is 2.10. The van der Waals surface area contributed by atoms with Gasteiger partial charge in [-0.1, -0.05) is 13.3 Å². The Morgan fingerprint density at radius 1 is 1.65 bits per heavy atom. The number of ether oxygens (including phenoxy) is 1. The molecule has 0 bridgehead atoms. The van der Waals surface area contributed by atoms with Crippen LogP contribution in [-0.2, 0) is 22.2 Å². The van der Waals surface area contributed by atoms with E-state index in [0.29, 0.717) is 19.7 Å². The molecular weight excluding hydrogens is 256 g/mol. The number of carbonyl (C=O) groups excluding carboxylic acids is 1. The van der Waals surface area contributed by atoms with Gasteiger partial charge in [-0.15, -0.1) is 0 Å². The van der Waals surface area contributed by atoms with Crippen LogP contribution >= 0.6 is 0 Å². The van der Waals surface area contributed by atoms with Gasteiger partial charge in [0.1, 0.15) is 5.60 Å². The van der Waals surface area contributed by atoms with Crippen molar-refractivity contribution in [2.24, 2.45) is 12.8 Å². The molecule has 2 unspecified atom stereocenters. The Morgan fingerprint density at radius 3 is 3.00 bits per heavy atom. The van der Waals surface area contributed by atoms with Crippen molar-refractivity contribution >= 4 is 5.91 Å². The molecule has 0 aromatic carbocycles. The van der Waals surface area contributed by atoms with Crippen molar-refractivity contribution in [3.8, 4) is 0 Å². The van der Waals surface area contributed by atoms with E-state index < -0.39 is 11.6 Å². The van der Waals surface area contributed by atoms with Crippen LogP contribution in [0.2, 0.25) is 0 Å². The molecule has 6 nitrogen and oxygen atoms in total. The molecule has 6 heteroatoms. The minimum Gasteiger partial charge on any atom is -0.367 e. The zero-order valence-corrected chi connectivity index (χ0v) is 12.5. The number of rotatable bonds is 4. The second-order valence-electron chi connectivity index (χ2n) is 5.64. The number of carbonyl (C=O) groups is 1. The molecule has 2 atom stereocenters. The summed E-state index contributed by atoms with van der Waals surface area (Å²) in [5.74, 6) is 0.0188. The molecule has 0 saturated carbocycles. The van der Waals surface area contributed by atoms with E-state index in [9.17, 15) is 4.79 Å². The van der Waals surface area contributed by atoms with Gasteiger partial charge in [0.05, 0.1) is 25.4 Å². The number of nitrogens with zero attached hydrogens (tertiary/aromatic N) is 3. The first kappa shape index (κ1) is 15.0. The number of nitrogens with two attached hydrogens (primary N) is 1. The first-order valence-electron chi connectivity index (χ1n) is 7.13. The number of aromatic nitrogens is 2. The maximum absolute atomic E-state index is 12.3. The molecule has 1 aromatic heterocycles. The van der Waals surface area contributed by atoms with Gasteiger partial charge in [0, 0.05) is 25.4 Å². The lowest BCUT2D eigenvalue weighted by atomic mass is 9.96. The van der Waals surface area contributed by atoms with Crippen LogP contribution in [-0.4, -0.2) is 46.3 Å². The van der Waals surface area contributed by atoms with E-state index in [1.807, 2.05) is 32.0 Å². The van der Waals surface area contributed by atoms with Crippen molar-refractivity contribution in [3.63, 3.8) is 0 Å². The lowest BCUT2D eigenvalue weighted by Crippen LogP contribution is -2.54. The standard InChI is InChI=1S/C14H24N4O2/c1-4-5-12(15)13(19)18-6-7-20-14(2,10-18)11-8-16-17(3)9-11/h8-9,12H,4-7,10,15H2,1-3H3. The predicted molar refractivity (Wildman–Crippen MR) is 76.0 cm³/mol. The van der Waals surface area contributed by atoms with E-state index in [-0.39, 0.29) is 5.91 Å². The van der Waals surface area contributed by atoms with Crippen molar-refractivity contribution in [2.45, 2.75) is 38.3 Å². The summed E-state index contributed by atoms with van der Waals surface area (Å²) >= 11 is 0. The second kappa shape index (κ2) is 5.93. The molecule has 2 N–H and O–H groups in total. The fourth-order valence-corrected chi connectivity index (χ4v) is 2.60. The molecule has 0 aliphatic carbocycles. The summed E-state index contributed by atoms with van der Waals surface area (Å²) < 4.78 is 7.64. The summed E-state index contributed by atoms with van der Waals surface area (Å²) in [6.07, 6.45) is 5.36. The molecule has 0 spiro atoms. The summed E-state index contributed by atoms with van der Waals surface area (Å²) in [6.45, 7) is 5.68. The highest BCUT2D eigenvalue weighted by atomic mass is 16.5. The van der Waals surface area contributed by atoms with E-state index in [1.54, 1.807) is 10.9 Å². The van der Waals surface area contributed by atoms with Gasteiger partial charge >= 0.3 is 0 Å². The van der Waals surface area contributed by atoms with Gasteiger partial charge in [-0.3, -0.25) is 9.48 Å². The fourth-order valence-electron chi connectivity index (χ4n) is 2.60. The van der Waals surface area contributed by atoms with Crippen LogP contribution in [0.15, 0.2) is 12.4 Å². The molecule has 1 amide bonds. The molecule has 1 aromatic rings. The average molecular weight is 280 g/mol. The smallest absolute Gasteiger partial charge is 0.239 e. The van der Waals surface area contributed by atoms with Crippen molar-refractivity contribution in [1.82, 2.24) is 14.7 Å². The number of aryl methyl sites for hydroxylation is 1. The lowest BCUT2D eigenvalue weighted by Gasteiger charge is -2.40. The Bertz CT molecular complexity index is 473. The minimum atomic E-state index is -0.506. The minimum absolute atomic E-state index is 0.0188. The highest BCUT2D eigenvalue weighted by Gasteiger charge is 2.37. The van der Waals surface area contributed by atoms with Gasteiger partial charge in [0.2, 0.25) is 5.91 Å². The number of hydrogen-bond donors (Lipinski definition) is 1. The van der Waals surface area contributed by atoms with Crippen LogP contribution in [0.1, 0.15) is 32.3 Å². The summed E-state index contributed by atoms with van der Waals surface area (Å²) in [5.41, 5.74) is 6.42. The molecule has 1 saturated heterocycles. The molecule has 20 heavy (non-hydrogen) atoms. The van der Waals surface area contributed by atoms with Crippen LogP contribution in [0.25, 0.3) is 0 Å². The van der Waals surface area contributed by atoms with Crippen LogP contribution in [0.5, 0.6) is 0 Å². The average Bonchev–Trinajstić information content (AvgIpc) is 2.86. The van der Waals surface area contributed by atoms with E-state index in [1.165, 1.54) is 0 Å². The Labute approximate surface area is 119 Å². The van der Waals surface area contributed by atoms with E-state index in [2.05, 4.69) is 5.10 Å². The van der Waals surface area contributed by atoms with Crippen LogP contribution < -0.4 is 5.73 Å². The normalized spacial score (nSPS) is 24.7. The Morgan fingerprint density at radius 2 is 2.40 bits per heavy atom. The van der Waals surface area contributed by atoms with Gasteiger partial charge in [-0.25, -0.2) is 0 Å². The van der Waals surface area contributed by atoms with Crippen LogP contribution in [0, 0.1) is 0 Å². The van der Waals surface area contributed by atoms with Crippen LogP contribution in [0.3, 0.4) is 0 Å². The van der Waals surface area contributed by atoms with E-state index >= 15 is 0 Å². The Hall–Kier alpha value is -1.40. The van der Waals surface area contributed by atoms with Gasteiger partial charge < -0.3 is 15.4 Å². The predicted octanol–water partition coefficient (Wildman–Crippen LogP) is 0.622. The quantitative estimate of drug-likeness (QED) is 0.877. The maximum Gasteiger partial charge on any atom is 0.239 e. The zero-order chi connectivity index (χ0) is 14.8.